The zero-order chi connectivity index (χ0) is 21.6. The maximum atomic E-state index is 14.0. The van der Waals surface area contributed by atoms with E-state index in [-0.39, 0.29) is 25.4 Å². The van der Waals surface area contributed by atoms with Crippen molar-refractivity contribution in [2.24, 2.45) is 11.7 Å². The molecule has 1 amide bonds. The van der Waals surface area contributed by atoms with Crippen LogP contribution in [0, 0.1) is 24.5 Å². The number of hydrogen-bond donors (Lipinski definition) is 2. The highest BCUT2D eigenvalue weighted by Gasteiger charge is 2.35. The van der Waals surface area contributed by atoms with Crippen molar-refractivity contribution in [1.29, 1.82) is 0 Å². The van der Waals surface area contributed by atoms with Crippen molar-refractivity contribution in [1.82, 2.24) is 10.3 Å². The second-order valence-corrected chi connectivity index (χ2v) is 9.06. The van der Waals surface area contributed by atoms with Gasteiger partial charge < -0.3 is 16.0 Å². The van der Waals surface area contributed by atoms with Crippen LogP contribution in [0.1, 0.15) is 49.2 Å². The lowest BCUT2D eigenvalue weighted by atomic mass is 9.97. The summed E-state index contributed by atoms with van der Waals surface area (Å²) >= 11 is 0. The zero-order valence-electron chi connectivity index (χ0n) is 18.1. The number of amides is 1. The van der Waals surface area contributed by atoms with E-state index in [1.54, 1.807) is 13.1 Å². The van der Waals surface area contributed by atoms with E-state index in [0.717, 1.165) is 25.3 Å². The van der Waals surface area contributed by atoms with E-state index in [9.17, 15) is 13.6 Å². The van der Waals surface area contributed by atoms with Crippen LogP contribution in [-0.4, -0.2) is 35.6 Å². The second-order valence-electron chi connectivity index (χ2n) is 9.06. The van der Waals surface area contributed by atoms with Gasteiger partial charge in [0.25, 0.3) is 5.91 Å². The summed E-state index contributed by atoms with van der Waals surface area (Å²) in [6.07, 6.45) is 4.55. The molecule has 2 aromatic rings. The average molecular weight is 449 g/mol. The summed E-state index contributed by atoms with van der Waals surface area (Å²) in [6.45, 7) is 6.96. The van der Waals surface area contributed by atoms with Crippen molar-refractivity contribution < 1.29 is 13.6 Å². The van der Waals surface area contributed by atoms with Gasteiger partial charge in [-0.1, -0.05) is 0 Å². The number of halogens is 2. The van der Waals surface area contributed by atoms with Crippen molar-refractivity contribution in [3.63, 3.8) is 0 Å². The molecule has 2 aliphatic rings. The quantitative estimate of drug-likeness (QED) is 0.728. The summed E-state index contributed by atoms with van der Waals surface area (Å²) in [6, 6.07) is 3.47. The third kappa shape index (κ3) is 5.01. The van der Waals surface area contributed by atoms with Crippen LogP contribution in [0.5, 0.6) is 0 Å². The first-order chi connectivity index (χ1) is 14.1. The predicted molar refractivity (Wildman–Crippen MR) is 124 cm³/mol. The molecular formula is C23H30F2N4OS. The minimum atomic E-state index is -0.669. The molecular weight excluding hydrogens is 418 g/mol. The number of aryl methyl sites for hydroxylation is 1. The Bertz CT molecular complexity index is 974. The normalized spacial score (nSPS) is 21.5. The van der Waals surface area contributed by atoms with Gasteiger partial charge in [-0.15, -0.1) is 0 Å². The van der Waals surface area contributed by atoms with Crippen LogP contribution in [0.2, 0.25) is 0 Å². The molecule has 1 aromatic carbocycles. The summed E-state index contributed by atoms with van der Waals surface area (Å²) in [7, 11) is 0. The molecule has 1 saturated heterocycles. The van der Waals surface area contributed by atoms with E-state index >= 15 is 0 Å². The molecule has 1 aliphatic carbocycles. The van der Waals surface area contributed by atoms with Crippen LogP contribution < -0.4 is 16.0 Å². The summed E-state index contributed by atoms with van der Waals surface area (Å²) in [5.41, 5.74) is 8.54. The molecule has 0 unspecified atom stereocenters. The highest BCUT2D eigenvalue weighted by atomic mass is 32.1. The SMILES string of the molecule is Cc1ncc(C(=O)N[C@@H](C)C2CC2)c(N2CC[C@](C)(N)C2)c1-c1cc(F)cc(F)c1.S. The van der Waals surface area contributed by atoms with Crippen LogP contribution >= 0.6 is 13.5 Å². The molecule has 1 saturated carbocycles. The number of benzene rings is 1. The van der Waals surface area contributed by atoms with Gasteiger partial charge in [-0.2, -0.15) is 13.5 Å². The van der Waals surface area contributed by atoms with Crippen molar-refractivity contribution in [3.8, 4) is 11.1 Å². The highest BCUT2D eigenvalue weighted by Crippen LogP contribution is 2.40. The summed E-state index contributed by atoms with van der Waals surface area (Å²) in [4.78, 5) is 19.7. The maximum Gasteiger partial charge on any atom is 0.255 e. The molecule has 0 spiro atoms. The number of carbonyl (C=O) groups is 1. The van der Waals surface area contributed by atoms with E-state index in [2.05, 4.69) is 10.3 Å². The van der Waals surface area contributed by atoms with E-state index in [1.807, 2.05) is 18.7 Å². The fourth-order valence-electron chi connectivity index (χ4n) is 4.31. The number of carbonyl (C=O) groups excluding carboxylic acids is 1. The maximum absolute atomic E-state index is 14.0. The lowest BCUT2D eigenvalue weighted by Crippen LogP contribution is -2.40. The number of nitrogens with two attached hydrogens (primary N) is 1. The number of hydrogen-bond acceptors (Lipinski definition) is 4. The first-order valence-corrected chi connectivity index (χ1v) is 10.5. The average Bonchev–Trinajstić information content (AvgIpc) is 3.43. The molecule has 2 fully saturated rings. The van der Waals surface area contributed by atoms with Crippen molar-refractivity contribution in [2.45, 2.75) is 51.6 Å². The molecule has 5 nitrogen and oxygen atoms in total. The topological polar surface area (TPSA) is 71.2 Å². The Morgan fingerprint density at radius 2 is 1.94 bits per heavy atom. The Morgan fingerprint density at radius 1 is 1.29 bits per heavy atom. The van der Waals surface area contributed by atoms with Gasteiger partial charge in [-0.05, 0) is 63.6 Å². The highest BCUT2D eigenvalue weighted by molar-refractivity contribution is 7.59. The Hall–Kier alpha value is -2.19. The number of nitrogens with one attached hydrogen (secondary N) is 1. The monoisotopic (exact) mass is 448 g/mol. The molecule has 0 bridgehead atoms. The fraction of sp³-hybridized carbons (Fsp3) is 0.478. The molecule has 4 rings (SSSR count). The third-order valence-electron chi connectivity index (χ3n) is 6.15. The van der Waals surface area contributed by atoms with Gasteiger partial charge in [-0.3, -0.25) is 9.78 Å². The fourth-order valence-corrected chi connectivity index (χ4v) is 4.31. The van der Waals surface area contributed by atoms with Crippen molar-refractivity contribution in [3.05, 3.63) is 47.3 Å². The Kier molecular flexibility index (Phi) is 6.62. The number of aromatic nitrogens is 1. The van der Waals surface area contributed by atoms with E-state index in [1.165, 1.54) is 12.1 Å². The van der Waals surface area contributed by atoms with Crippen LogP contribution in [0.25, 0.3) is 11.1 Å². The molecule has 1 aliphatic heterocycles. The minimum Gasteiger partial charge on any atom is -0.368 e. The summed E-state index contributed by atoms with van der Waals surface area (Å²) in [5, 5.41) is 3.08. The predicted octanol–water partition coefficient (Wildman–Crippen LogP) is 3.90. The summed E-state index contributed by atoms with van der Waals surface area (Å²) in [5.74, 6) is -1.05. The van der Waals surface area contributed by atoms with Crippen LogP contribution in [-0.2, 0) is 0 Å². The van der Waals surface area contributed by atoms with E-state index in [4.69, 9.17) is 5.73 Å². The molecule has 0 radical (unpaired) electrons. The smallest absolute Gasteiger partial charge is 0.255 e. The van der Waals surface area contributed by atoms with Crippen LogP contribution in [0.15, 0.2) is 24.4 Å². The van der Waals surface area contributed by atoms with Gasteiger partial charge in [0.05, 0.1) is 11.3 Å². The number of anilines is 1. The van der Waals surface area contributed by atoms with Gasteiger partial charge in [0.2, 0.25) is 0 Å². The Labute approximate surface area is 188 Å². The first-order valence-electron chi connectivity index (χ1n) is 10.5. The van der Waals surface area contributed by atoms with Gasteiger partial charge in [0.15, 0.2) is 0 Å². The lowest BCUT2D eigenvalue weighted by Gasteiger charge is -2.28. The largest absolute Gasteiger partial charge is 0.368 e. The standard InChI is InChI=1S/C23H28F2N4O.H2S/c1-13(15-4-5-15)28-22(30)19-11-27-14(2)20(16-8-17(24)10-18(25)9-16)21(19)29-7-6-23(3,26)12-29;/h8-11,13,15H,4-7,12,26H2,1-3H3,(H,28,30);1H2/t13-,23-;/m0./s1. The Morgan fingerprint density at radius 3 is 2.48 bits per heavy atom. The molecule has 8 heteroatoms. The molecule has 31 heavy (non-hydrogen) atoms. The molecule has 2 atom stereocenters. The molecule has 2 heterocycles. The molecule has 1 aromatic heterocycles. The zero-order valence-corrected chi connectivity index (χ0v) is 19.1. The first kappa shape index (κ1) is 23.5. The van der Waals surface area contributed by atoms with Gasteiger partial charge in [-0.25, -0.2) is 8.78 Å². The second kappa shape index (κ2) is 8.74. The molecule has 3 N–H and O–H groups in total. The van der Waals surface area contributed by atoms with Crippen molar-refractivity contribution in [2.75, 3.05) is 18.0 Å². The molecule has 168 valence electrons. The Balaban J connectivity index is 0.00000272. The van der Waals surface area contributed by atoms with Crippen LogP contribution in [0.3, 0.4) is 0 Å². The minimum absolute atomic E-state index is 0. The van der Waals surface area contributed by atoms with Gasteiger partial charge in [0.1, 0.15) is 11.6 Å². The summed E-state index contributed by atoms with van der Waals surface area (Å²) < 4.78 is 28.1. The van der Waals surface area contributed by atoms with E-state index < -0.39 is 17.2 Å². The third-order valence-corrected chi connectivity index (χ3v) is 6.15. The number of nitrogens with zero attached hydrogens (tertiary/aromatic N) is 2. The lowest BCUT2D eigenvalue weighted by molar-refractivity contribution is 0.0936. The number of pyridine rings is 1. The van der Waals surface area contributed by atoms with E-state index in [0.29, 0.717) is 47.1 Å². The van der Waals surface area contributed by atoms with Crippen LogP contribution in [0.4, 0.5) is 14.5 Å². The van der Waals surface area contributed by atoms with Gasteiger partial charge >= 0.3 is 0 Å². The van der Waals surface area contributed by atoms with Crippen molar-refractivity contribution >= 4 is 25.1 Å². The number of rotatable bonds is 5. The van der Waals surface area contributed by atoms with Gasteiger partial charge in [0, 0.05) is 48.2 Å².